The fourth-order valence-corrected chi connectivity index (χ4v) is 5.95. The van der Waals surface area contributed by atoms with Crippen LogP contribution in [0, 0.1) is 0 Å². The molecule has 1 aliphatic carbocycles. The predicted octanol–water partition coefficient (Wildman–Crippen LogP) is 3.53. The van der Waals surface area contributed by atoms with Crippen LogP contribution in [0.2, 0.25) is 0 Å². The van der Waals surface area contributed by atoms with Crippen molar-refractivity contribution in [1.82, 2.24) is 14.6 Å². The number of amides is 1. The molecule has 3 heterocycles. The first-order valence-corrected chi connectivity index (χ1v) is 12.1. The van der Waals surface area contributed by atoms with Crippen LogP contribution in [0.4, 0.5) is 0 Å². The summed E-state index contributed by atoms with van der Waals surface area (Å²) < 4.78 is 20.1. The van der Waals surface area contributed by atoms with Crippen molar-refractivity contribution in [2.24, 2.45) is 0 Å². The fourth-order valence-electron chi connectivity index (χ4n) is 3.57. The molecule has 2 aliphatic heterocycles. The van der Waals surface area contributed by atoms with Crippen LogP contribution in [0.15, 0.2) is 69.9 Å². The van der Waals surface area contributed by atoms with Crippen LogP contribution in [-0.2, 0) is 24.4 Å². The number of carbonyl (C=O) groups excluding carboxylic acids is 1. The summed E-state index contributed by atoms with van der Waals surface area (Å²) >= 11 is 1.40. The molecule has 0 saturated carbocycles. The van der Waals surface area contributed by atoms with E-state index in [4.69, 9.17) is 4.74 Å². The number of thioether (sulfide) groups is 1. The van der Waals surface area contributed by atoms with Gasteiger partial charge in [-0.3, -0.25) is 0 Å². The van der Waals surface area contributed by atoms with Gasteiger partial charge in [-0.15, -0.1) is 0 Å². The Hall–Kier alpha value is -2.06. The molecule has 1 saturated heterocycles. The van der Waals surface area contributed by atoms with Gasteiger partial charge in [0, 0.05) is 6.20 Å². The summed E-state index contributed by atoms with van der Waals surface area (Å²) in [6.45, 7) is 6.40. The number of hydrogen-bond acceptors (Lipinski definition) is 6. The molecule has 1 amide bonds. The summed E-state index contributed by atoms with van der Waals surface area (Å²) in [4.78, 5) is 17.3. The summed E-state index contributed by atoms with van der Waals surface area (Å²) in [6, 6.07) is 5.75. The number of carbonyl (C=O) groups is 1. The Kier molecular flexibility index (Phi) is 6.86. The van der Waals surface area contributed by atoms with Crippen molar-refractivity contribution in [2.75, 3.05) is 26.3 Å². The van der Waals surface area contributed by atoms with Gasteiger partial charge >= 0.3 is 171 Å². The van der Waals surface area contributed by atoms with E-state index in [0.29, 0.717) is 43.3 Å². The van der Waals surface area contributed by atoms with Gasteiger partial charge < -0.3 is 0 Å². The zero-order valence-electron chi connectivity index (χ0n) is 17.6. The molecule has 3 aliphatic rings. The standard InChI is InChI=1S/C23H25N3O3S2/c1-17-6-7-18(15-23(17,2)31(28)26-11-13-29-14-12-26)22(27)25-21-9-8-19(16-30-21)20-5-3-4-10-24-20/h3-8,10,16H,11-15H2,1-2H3,(H,25,27). The molecular formula is C23H25N3O3S2. The minimum absolute atomic E-state index is 0.188. The van der Waals surface area contributed by atoms with Crippen LogP contribution < -0.4 is 5.32 Å². The van der Waals surface area contributed by atoms with Crippen molar-refractivity contribution in [3.8, 4) is 0 Å². The predicted molar refractivity (Wildman–Crippen MR) is 125 cm³/mol. The molecule has 1 atom stereocenters. The first-order valence-electron chi connectivity index (χ1n) is 10.2. The van der Waals surface area contributed by atoms with Gasteiger partial charge in [-0.2, -0.15) is 0 Å². The molecule has 1 unspecified atom stereocenters. The van der Waals surface area contributed by atoms with E-state index >= 15 is 0 Å². The molecular weight excluding hydrogens is 430 g/mol. The molecule has 31 heavy (non-hydrogen) atoms. The van der Waals surface area contributed by atoms with Gasteiger partial charge in [0.05, 0.1) is 0 Å². The van der Waals surface area contributed by atoms with Crippen LogP contribution in [0.5, 0.6) is 0 Å². The third-order valence-corrected chi connectivity index (χ3v) is 8.53. The second kappa shape index (κ2) is 9.61. The van der Waals surface area contributed by atoms with E-state index < -0.39 is 15.6 Å². The maximum absolute atomic E-state index is 13.4. The minimum atomic E-state index is -1.24. The van der Waals surface area contributed by atoms with E-state index in [0.717, 1.165) is 16.8 Å². The van der Waals surface area contributed by atoms with Crippen molar-refractivity contribution in [3.05, 3.63) is 75.6 Å². The van der Waals surface area contributed by atoms with E-state index in [9.17, 15) is 8.84 Å². The Labute approximate surface area is 189 Å². The molecule has 0 radical (unpaired) electrons. The average molecular weight is 456 g/mol. The van der Waals surface area contributed by atoms with Gasteiger partial charge in [0.1, 0.15) is 0 Å². The number of nitrogens with zero attached hydrogens (tertiary/aromatic N) is 2. The number of morpholine rings is 1. The van der Waals surface area contributed by atoms with E-state index in [-0.39, 0.29) is 5.91 Å². The normalized spacial score (nSPS) is 24.2. The first kappa shape index (κ1) is 22.1. The number of ether oxygens (including phenoxy) is 1. The number of hydrogen-bond donors (Lipinski definition) is 1. The van der Waals surface area contributed by atoms with Crippen LogP contribution in [0.25, 0.3) is 5.57 Å². The molecule has 6 nitrogen and oxygen atoms in total. The van der Waals surface area contributed by atoms with Crippen LogP contribution in [0.3, 0.4) is 0 Å². The number of rotatable bonds is 3. The third-order valence-electron chi connectivity index (χ3n) is 5.63. The molecule has 1 fully saturated rings. The van der Waals surface area contributed by atoms with Crippen LogP contribution in [0.1, 0.15) is 26.0 Å². The topological polar surface area (TPSA) is 74.4 Å². The Morgan fingerprint density at radius 2 is 2.16 bits per heavy atom. The molecule has 0 spiro atoms. The summed E-state index contributed by atoms with van der Waals surface area (Å²) in [5, 5.41) is 5.52. The Bertz CT molecular complexity index is 1100. The van der Waals surface area contributed by atoms with Gasteiger partial charge in [-0.1, -0.05) is 6.07 Å². The molecule has 1 N–H and O–H groups in total. The average Bonchev–Trinajstić information content (AvgIpc) is 2.82. The second-order valence-corrected chi connectivity index (χ2v) is 10.5. The van der Waals surface area contributed by atoms with E-state index in [1.807, 2.05) is 60.0 Å². The molecule has 0 bridgehead atoms. The zero-order valence-corrected chi connectivity index (χ0v) is 19.2. The molecule has 4 rings (SSSR count). The Morgan fingerprint density at radius 3 is 2.84 bits per heavy atom. The van der Waals surface area contributed by atoms with Gasteiger partial charge in [0.25, 0.3) is 0 Å². The van der Waals surface area contributed by atoms with Gasteiger partial charge in [0.2, 0.25) is 0 Å². The van der Waals surface area contributed by atoms with Crippen LogP contribution in [-0.4, -0.2) is 46.2 Å². The number of aromatic nitrogens is 1. The summed E-state index contributed by atoms with van der Waals surface area (Å²) in [7, 11) is -1.24. The fraction of sp³-hybridized carbons (Fsp3) is 0.348. The van der Waals surface area contributed by atoms with Crippen molar-refractivity contribution >= 4 is 34.1 Å². The van der Waals surface area contributed by atoms with Crippen molar-refractivity contribution in [1.29, 1.82) is 0 Å². The Morgan fingerprint density at radius 1 is 1.35 bits per heavy atom. The summed E-state index contributed by atoms with van der Waals surface area (Å²) in [5.74, 6) is -0.188. The monoisotopic (exact) mass is 455 g/mol. The third kappa shape index (κ3) is 4.90. The van der Waals surface area contributed by atoms with Gasteiger partial charge in [-0.25, -0.2) is 0 Å². The SMILES string of the molecule is CC1=CC=C(C(=O)NC2=C=CC(c3ccccn3)=CS2)CC1(C)[S-](#[O+])N1CCOCC1. The summed E-state index contributed by atoms with van der Waals surface area (Å²) in [6.07, 6.45) is 7.73. The van der Waals surface area contributed by atoms with Crippen molar-refractivity contribution in [3.63, 3.8) is 0 Å². The zero-order chi connectivity index (χ0) is 21.8. The van der Waals surface area contributed by atoms with Gasteiger partial charge in [0.15, 0.2) is 0 Å². The molecule has 1 aromatic heterocycles. The van der Waals surface area contributed by atoms with E-state index in [1.165, 1.54) is 11.8 Å². The molecule has 1 aromatic rings. The van der Waals surface area contributed by atoms with E-state index in [2.05, 4.69) is 16.0 Å². The Balaban J connectivity index is 1.45. The molecule has 162 valence electrons. The quantitative estimate of drug-likeness (QED) is 0.429. The second-order valence-electron chi connectivity index (χ2n) is 7.72. The number of nitrogens with one attached hydrogen (secondary N) is 1. The first-order chi connectivity index (χ1) is 15.0. The summed E-state index contributed by atoms with van der Waals surface area (Å²) in [5.41, 5.74) is 6.58. The van der Waals surface area contributed by atoms with E-state index in [1.54, 1.807) is 6.20 Å². The van der Waals surface area contributed by atoms with Crippen LogP contribution >= 0.6 is 11.8 Å². The van der Waals surface area contributed by atoms with Crippen molar-refractivity contribution < 1.29 is 13.6 Å². The number of pyridine rings is 1. The maximum atomic E-state index is 13.4. The molecule has 0 aromatic carbocycles. The van der Waals surface area contributed by atoms with Gasteiger partial charge in [-0.05, 0) is 6.07 Å². The van der Waals surface area contributed by atoms with Crippen molar-refractivity contribution in [2.45, 2.75) is 25.0 Å². The number of allylic oxidation sites excluding steroid dienone is 4. The molecule has 8 heteroatoms.